The molecular formula is C9H7BrClNO3. The van der Waals surface area contributed by atoms with E-state index in [9.17, 15) is 14.9 Å². The number of hydrogen-bond acceptors (Lipinski definition) is 3. The Morgan fingerprint density at radius 2 is 2.20 bits per heavy atom. The smallest absolute Gasteiger partial charge is 0.283 e. The van der Waals surface area contributed by atoms with Crippen LogP contribution in [0.15, 0.2) is 22.7 Å². The highest BCUT2D eigenvalue weighted by Crippen LogP contribution is 2.26. The number of nitro groups is 1. The van der Waals surface area contributed by atoms with Gasteiger partial charge in [0.1, 0.15) is 0 Å². The Balaban J connectivity index is 3.12. The number of halogens is 2. The van der Waals surface area contributed by atoms with Gasteiger partial charge in [0.25, 0.3) is 5.69 Å². The number of benzene rings is 1. The first kappa shape index (κ1) is 12.1. The van der Waals surface area contributed by atoms with E-state index in [1.165, 1.54) is 18.2 Å². The summed E-state index contributed by atoms with van der Waals surface area (Å²) in [6.45, 7) is 1.55. The van der Waals surface area contributed by atoms with Crippen LogP contribution in [0.3, 0.4) is 0 Å². The van der Waals surface area contributed by atoms with Gasteiger partial charge in [-0.15, -0.1) is 11.6 Å². The van der Waals surface area contributed by atoms with Crippen LogP contribution in [0.4, 0.5) is 5.69 Å². The van der Waals surface area contributed by atoms with Gasteiger partial charge < -0.3 is 0 Å². The third-order valence-electron chi connectivity index (χ3n) is 1.79. The fraction of sp³-hybridized carbons (Fsp3) is 0.222. The Bertz CT molecular complexity index is 420. The third kappa shape index (κ3) is 2.76. The Labute approximate surface area is 99.5 Å². The zero-order chi connectivity index (χ0) is 11.6. The molecular weight excluding hydrogens is 285 g/mol. The summed E-state index contributed by atoms with van der Waals surface area (Å²) in [5, 5.41) is 9.86. The maximum absolute atomic E-state index is 11.5. The van der Waals surface area contributed by atoms with Crippen molar-refractivity contribution in [2.24, 2.45) is 0 Å². The molecule has 0 aliphatic carbocycles. The fourth-order valence-electron chi connectivity index (χ4n) is 1.04. The van der Waals surface area contributed by atoms with Crippen molar-refractivity contribution in [3.05, 3.63) is 38.3 Å². The van der Waals surface area contributed by atoms with Crippen molar-refractivity contribution in [1.29, 1.82) is 0 Å². The summed E-state index contributed by atoms with van der Waals surface area (Å²) in [6.07, 6.45) is 0. The molecule has 0 radical (unpaired) electrons. The molecule has 0 amide bonds. The minimum atomic E-state index is -0.640. The Morgan fingerprint density at radius 1 is 1.60 bits per heavy atom. The zero-order valence-corrected chi connectivity index (χ0v) is 10.1. The largest absolute Gasteiger partial charge is 0.293 e. The van der Waals surface area contributed by atoms with Crippen molar-refractivity contribution in [1.82, 2.24) is 0 Å². The van der Waals surface area contributed by atoms with Crippen LogP contribution >= 0.6 is 27.5 Å². The zero-order valence-electron chi connectivity index (χ0n) is 7.74. The van der Waals surface area contributed by atoms with E-state index >= 15 is 0 Å². The molecule has 0 fully saturated rings. The van der Waals surface area contributed by atoms with Gasteiger partial charge in [0, 0.05) is 11.6 Å². The second kappa shape index (κ2) is 4.72. The van der Waals surface area contributed by atoms with Gasteiger partial charge in [-0.1, -0.05) is 0 Å². The number of carbonyl (C=O) groups excluding carboxylic acids is 1. The molecule has 1 aromatic carbocycles. The lowest BCUT2D eigenvalue weighted by molar-refractivity contribution is -0.385. The van der Waals surface area contributed by atoms with E-state index in [0.717, 1.165) is 0 Å². The van der Waals surface area contributed by atoms with Crippen molar-refractivity contribution in [2.45, 2.75) is 12.3 Å². The molecule has 15 heavy (non-hydrogen) atoms. The lowest BCUT2D eigenvalue weighted by Gasteiger charge is -2.03. The Hall–Kier alpha value is -0.940. The number of nitro benzene ring substituents is 1. The van der Waals surface area contributed by atoms with E-state index in [1.54, 1.807) is 6.92 Å². The lowest BCUT2D eigenvalue weighted by Crippen LogP contribution is -2.10. The molecule has 80 valence electrons. The first-order valence-corrected chi connectivity index (χ1v) is 5.28. The average molecular weight is 293 g/mol. The van der Waals surface area contributed by atoms with Crippen molar-refractivity contribution in [3.63, 3.8) is 0 Å². The fourth-order valence-corrected chi connectivity index (χ4v) is 1.69. The van der Waals surface area contributed by atoms with E-state index in [4.69, 9.17) is 11.6 Å². The van der Waals surface area contributed by atoms with E-state index in [2.05, 4.69) is 15.9 Å². The molecule has 0 aliphatic rings. The number of rotatable bonds is 3. The summed E-state index contributed by atoms with van der Waals surface area (Å²) in [4.78, 5) is 21.4. The van der Waals surface area contributed by atoms with E-state index < -0.39 is 10.3 Å². The minimum Gasteiger partial charge on any atom is -0.293 e. The SMILES string of the molecule is CC(Cl)C(=O)c1ccc([N+](=O)[O-])c(Br)c1. The molecule has 1 aromatic rings. The molecule has 0 saturated heterocycles. The van der Waals surface area contributed by atoms with E-state index in [1.807, 2.05) is 0 Å². The van der Waals surface area contributed by atoms with Crippen LogP contribution in [0.1, 0.15) is 17.3 Å². The molecule has 1 atom stereocenters. The number of hydrogen-bond donors (Lipinski definition) is 0. The second-order valence-corrected chi connectivity index (χ2v) is 4.41. The highest BCUT2D eigenvalue weighted by Gasteiger charge is 2.17. The van der Waals surface area contributed by atoms with Crippen molar-refractivity contribution in [2.75, 3.05) is 0 Å². The van der Waals surface area contributed by atoms with Gasteiger partial charge in [-0.25, -0.2) is 0 Å². The summed E-state index contributed by atoms with van der Waals surface area (Å²) in [6, 6.07) is 4.07. The molecule has 1 rings (SSSR count). The number of Topliss-reactive ketones (excluding diaryl/α,β-unsaturated/α-hetero) is 1. The summed E-state index contributed by atoms with van der Waals surface area (Å²) in [5.41, 5.74) is 0.281. The van der Waals surface area contributed by atoms with Crippen LogP contribution in [-0.4, -0.2) is 16.1 Å². The standard InChI is InChI=1S/C9H7BrClNO3/c1-5(11)9(13)6-2-3-8(12(14)15)7(10)4-6/h2-5H,1H3. The van der Waals surface area contributed by atoms with Gasteiger partial charge in [-0.3, -0.25) is 14.9 Å². The van der Waals surface area contributed by atoms with Crippen LogP contribution in [0, 0.1) is 10.1 Å². The molecule has 0 spiro atoms. The van der Waals surface area contributed by atoms with Crippen molar-refractivity contribution in [3.8, 4) is 0 Å². The van der Waals surface area contributed by atoms with Crippen LogP contribution < -0.4 is 0 Å². The van der Waals surface area contributed by atoms with Gasteiger partial charge in [0.15, 0.2) is 5.78 Å². The predicted molar refractivity (Wildman–Crippen MR) is 60.4 cm³/mol. The first-order chi connectivity index (χ1) is 6.93. The molecule has 0 N–H and O–H groups in total. The second-order valence-electron chi connectivity index (χ2n) is 2.90. The molecule has 0 aliphatic heterocycles. The molecule has 4 nitrogen and oxygen atoms in total. The van der Waals surface area contributed by atoms with Crippen LogP contribution in [0.2, 0.25) is 0 Å². The monoisotopic (exact) mass is 291 g/mol. The highest BCUT2D eigenvalue weighted by molar-refractivity contribution is 9.10. The minimum absolute atomic E-state index is 0.0752. The molecule has 0 aromatic heterocycles. The quantitative estimate of drug-likeness (QED) is 0.372. The number of nitrogens with zero attached hydrogens (tertiary/aromatic N) is 1. The number of carbonyl (C=O) groups is 1. The number of ketones is 1. The number of alkyl halides is 1. The summed E-state index contributed by atoms with van der Waals surface area (Å²) >= 11 is 8.65. The van der Waals surface area contributed by atoms with Crippen LogP contribution in [-0.2, 0) is 0 Å². The van der Waals surface area contributed by atoms with Gasteiger partial charge >= 0.3 is 0 Å². The molecule has 1 unspecified atom stereocenters. The summed E-state index contributed by atoms with van der Waals surface area (Å²) in [5.74, 6) is -0.257. The van der Waals surface area contributed by atoms with Crippen LogP contribution in [0.5, 0.6) is 0 Å². The summed E-state index contributed by atoms with van der Waals surface area (Å²) < 4.78 is 0.274. The maximum atomic E-state index is 11.5. The van der Waals surface area contributed by atoms with E-state index in [0.29, 0.717) is 5.56 Å². The van der Waals surface area contributed by atoms with Crippen molar-refractivity contribution < 1.29 is 9.72 Å². The molecule has 0 bridgehead atoms. The van der Waals surface area contributed by atoms with Crippen molar-refractivity contribution >= 4 is 39.0 Å². The van der Waals surface area contributed by atoms with E-state index in [-0.39, 0.29) is 15.9 Å². The lowest BCUT2D eigenvalue weighted by atomic mass is 10.1. The first-order valence-electron chi connectivity index (χ1n) is 4.05. The average Bonchev–Trinajstić information content (AvgIpc) is 2.15. The van der Waals surface area contributed by atoms with Crippen LogP contribution in [0.25, 0.3) is 0 Å². The van der Waals surface area contributed by atoms with Gasteiger partial charge in [0.2, 0.25) is 0 Å². The predicted octanol–water partition coefficient (Wildman–Crippen LogP) is 3.17. The highest BCUT2D eigenvalue weighted by atomic mass is 79.9. The Kier molecular flexibility index (Phi) is 3.82. The topological polar surface area (TPSA) is 60.2 Å². The normalized spacial score (nSPS) is 12.2. The summed E-state index contributed by atoms with van der Waals surface area (Å²) in [7, 11) is 0. The third-order valence-corrected chi connectivity index (χ3v) is 2.62. The van der Waals surface area contributed by atoms with Gasteiger partial charge in [-0.05, 0) is 35.0 Å². The van der Waals surface area contributed by atoms with Gasteiger partial charge in [-0.2, -0.15) is 0 Å². The molecule has 0 saturated carbocycles. The van der Waals surface area contributed by atoms with Gasteiger partial charge in [0.05, 0.1) is 14.8 Å². The maximum Gasteiger partial charge on any atom is 0.283 e. The Morgan fingerprint density at radius 3 is 2.60 bits per heavy atom. The molecule has 6 heteroatoms. The molecule has 0 heterocycles.